The molecule has 28 heavy (non-hydrogen) atoms. The van der Waals surface area contributed by atoms with Crippen molar-refractivity contribution in [3.63, 3.8) is 0 Å². The van der Waals surface area contributed by atoms with Crippen molar-refractivity contribution in [2.75, 3.05) is 10.6 Å². The van der Waals surface area contributed by atoms with E-state index in [0.717, 1.165) is 25.7 Å². The molecule has 1 saturated carbocycles. The van der Waals surface area contributed by atoms with E-state index < -0.39 is 0 Å². The summed E-state index contributed by atoms with van der Waals surface area (Å²) in [7, 11) is 0. The van der Waals surface area contributed by atoms with Gasteiger partial charge < -0.3 is 15.7 Å². The summed E-state index contributed by atoms with van der Waals surface area (Å²) < 4.78 is 0. The average molecular weight is 417 g/mol. The van der Waals surface area contributed by atoms with Gasteiger partial charge in [-0.1, -0.05) is 42.1 Å². The summed E-state index contributed by atoms with van der Waals surface area (Å²) >= 11 is 12.0. The molecule has 0 aromatic heterocycles. The molecule has 7 heteroatoms. The van der Waals surface area contributed by atoms with Crippen molar-refractivity contribution in [2.45, 2.75) is 25.7 Å². The number of carbonyl (C=O) groups excluding carboxylic acids is 2. The topological polar surface area (TPSA) is 78.4 Å². The number of rotatable bonds is 3. The van der Waals surface area contributed by atoms with Gasteiger partial charge in [-0.15, -0.1) is 0 Å². The standard InChI is InChI=1S/C21H18Cl2N2O3/c22-13-7-12(19(26)17(23)9-13)8-16-15-6-5-14(10-18(15)25-21(16)28)24-20(27)11-3-1-2-4-11/h5-11,26H,1-4H2,(H,24,27)(H,25,28). The molecule has 0 radical (unpaired) electrons. The third-order valence-electron chi connectivity index (χ3n) is 5.15. The van der Waals surface area contributed by atoms with Crippen LogP contribution in [0.25, 0.3) is 11.6 Å². The Balaban J connectivity index is 1.63. The molecule has 4 rings (SSSR count). The fraction of sp³-hybridized carbons (Fsp3) is 0.238. The number of benzene rings is 2. The second kappa shape index (κ2) is 7.49. The summed E-state index contributed by atoms with van der Waals surface area (Å²) in [5, 5.41) is 16.3. The first-order valence-corrected chi connectivity index (χ1v) is 9.84. The molecule has 0 spiro atoms. The Bertz CT molecular complexity index is 1010. The van der Waals surface area contributed by atoms with E-state index in [4.69, 9.17) is 23.2 Å². The van der Waals surface area contributed by atoms with Gasteiger partial charge in [0.25, 0.3) is 5.91 Å². The summed E-state index contributed by atoms with van der Waals surface area (Å²) in [6, 6.07) is 8.25. The number of amides is 2. The van der Waals surface area contributed by atoms with Gasteiger partial charge in [0.2, 0.25) is 5.91 Å². The van der Waals surface area contributed by atoms with E-state index in [-0.39, 0.29) is 28.5 Å². The minimum atomic E-state index is -0.301. The van der Waals surface area contributed by atoms with Crippen LogP contribution in [-0.2, 0) is 9.59 Å². The molecule has 0 saturated heterocycles. The molecule has 2 amide bonds. The van der Waals surface area contributed by atoms with Gasteiger partial charge in [-0.2, -0.15) is 0 Å². The fourth-order valence-corrected chi connectivity index (χ4v) is 4.21. The molecule has 2 aliphatic rings. The summed E-state index contributed by atoms with van der Waals surface area (Å²) in [4.78, 5) is 24.8. The Labute approximate surface area is 172 Å². The van der Waals surface area contributed by atoms with Crippen molar-refractivity contribution in [3.05, 3.63) is 51.5 Å². The van der Waals surface area contributed by atoms with E-state index in [0.29, 0.717) is 33.1 Å². The van der Waals surface area contributed by atoms with Crippen LogP contribution in [0.1, 0.15) is 36.8 Å². The van der Waals surface area contributed by atoms with E-state index in [1.54, 1.807) is 24.3 Å². The smallest absolute Gasteiger partial charge is 0.256 e. The van der Waals surface area contributed by atoms with Gasteiger partial charge in [0.1, 0.15) is 5.75 Å². The van der Waals surface area contributed by atoms with E-state index in [2.05, 4.69) is 10.6 Å². The summed E-state index contributed by atoms with van der Waals surface area (Å²) in [5.74, 6) is -0.352. The highest BCUT2D eigenvalue weighted by Crippen LogP contribution is 2.38. The van der Waals surface area contributed by atoms with Crippen molar-refractivity contribution < 1.29 is 14.7 Å². The summed E-state index contributed by atoms with van der Waals surface area (Å²) in [6.07, 6.45) is 5.57. The minimum Gasteiger partial charge on any atom is -0.506 e. The molecule has 1 aliphatic heterocycles. The molecule has 2 aromatic carbocycles. The molecule has 0 bridgehead atoms. The van der Waals surface area contributed by atoms with Gasteiger partial charge in [0.05, 0.1) is 10.7 Å². The predicted molar refractivity (Wildman–Crippen MR) is 112 cm³/mol. The lowest BCUT2D eigenvalue weighted by atomic mass is 10.0. The molecule has 1 aliphatic carbocycles. The Morgan fingerprint density at radius 1 is 1.18 bits per heavy atom. The minimum absolute atomic E-state index is 0.0241. The van der Waals surface area contributed by atoms with Crippen LogP contribution in [0, 0.1) is 5.92 Å². The van der Waals surface area contributed by atoms with Gasteiger partial charge in [-0.25, -0.2) is 0 Å². The molecular weight excluding hydrogens is 399 g/mol. The van der Waals surface area contributed by atoms with Crippen LogP contribution in [0.2, 0.25) is 10.0 Å². The highest BCUT2D eigenvalue weighted by molar-refractivity contribution is 6.37. The number of anilines is 2. The van der Waals surface area contributed by atoms with Crippen molar-refractivity contribution in [2.24, 2.45) is 5.92 Å². The Morgan fingerprint density at radius 2 is 1.93 bits per heavy atom. The lowest BCUT2D eigenvalue weighted by molar-refractivity contribution is -0.119. The number of carbonyl (C=O) groups is 2. The summed E-state index contributed by atoms with van der Waals surface area (Å²) in [6.45, 7) is 0. The number of hydrogen-bond acceptors (Lipinski definition) is 3. The van der Waals surface area contributed by atoms with Gasteiger partial charge >= 0.3 is 0 Å². The molecule has 2 aromatic rings. The van der Waals surface area contributed by atoms with E-state index in [1.165, 1.54) is 12.1 Å². The van der Waals surface area contributed by atoms with Crippen LogP contribution in [0.4, 0.5) is 11.4 Å². The van der Waals surface area contributed by atoms with E-state index >= 15 is 0 Å². The fourth-order valence-electron chi connectivity index (χ4n) is 3.70. The van der Waals surface area contributed by atoms with Gasteiger partial charge in [0, 0.05) is 33.3 Å². The third kappa shape index (κ3) is 3.60. The number of nitrogens with one attached hydrogen (secondary N) is 2. The quantitative estimate of drug-likeness (QED) is 0.592. The van der Waals surface area contributed by atoms with Gasteiger partial charge in [-0.05, 0) is 43.2 Å². The SMILES string of the molecule is O=C1Nc2cc(NC(=O)C3CCCC3)ccc2C1=Cc1cc(Cl)cc(Cl)c1O. The van der Waals surface area contributed by atoms with Gasteiger partial charge in [-0.3, -0.25) is 9.59 Å². The van der Waals surface area contributed by atoms with Crippen LogP contribution in [0.3, 0.4) is 0 Å². The molecule has 1 fully saturated rings. The van der Waals surface area contributed by atoms with Gasteiger partial charge in [0.15, 0.2) is 0 Å². The molecule has 3 N–H and O–H groups in total. The maximum atomic E-state index is 12.4. The van der Waals surface area contributed by atoms with E-state index in [1.807, 2.05) is 0 Å². The molecule has 0 unspecified atom stereocenters. The average Bonchev–Trinajstić information content (AvgIpc) is 3.28. The molecule has 1 heterocycles. The number of phenols is 1. The van der Waals surface area contributed by atoms with Crippen LogP contribution in [0.5, 0.6) is 5.75 Å². The zero-order valence-corrected chi connectivity index (χ0v) is 16.4. The van der Waals surface area contributed by atoms with Crippen molar-refractivity contribution in [1.82, 2.24) is 0 Å². The zero-order chi connectivity index (χ0) is 19.8. The predicted octanol–water partition coefficient (Wildman–Crippen LogP) is 5.32. The zero-order valence-electron chi connectivity index (χ0n) is 14.9. The van der Waals surface area contributed by atoms with Crippen molar-refractivity contribution in [3.8, 4) is 5.75 Å². The molecule has 0 atom stereocenters. The Kier molecular flexibility index (Phi) is 5.04. The van der Waals surface area contributed by atoms with Crippen molar-refractivity contribution in [1.29, 1.82) is 0 Å². The highest BCUT2D eigenvalue weighted by Gasteiger charge is 2.26. The molecule has 5 nitrogen and oxygen atoms in total. The first kappa shape index (κ1) is 18.8. The lowest BCUT2D eigenvalue weighted by Crippen LogP contribution is -2.20. The molecular formula is C21H18Cl2N2O3. The largest absolute Gasteiger partial charge is 0.506 e. The Morgan fingerprint density at radius 3 is 2.68 bits per heavy atom. The van der Waals surface area contributed by atoms with Crippen LogP contribution >= 0.6 is 23.2 Å². The number of halogens is 2. The Hall–Kier alpha value is -2.50. The third-order valence-corrected chi connectivity index (χ3v) is 5.66. The second-order valence-corrected chi connectivity index (χ2v) is 7.91. The highest BCUT2D eigenvalue weighted by atomic mass is 35.5. The first-order chi connectivity index (χ1) is 13.4. The van der Waals surface area contributed by atoms with E-state index in [9.17, 15) is 14.7 Å². The van der Waals surface area contributed by atoms with Crippen LogP contribution in [0.15, 0.2) is 30.3 Å². The van der Waals surface area contributed by atoms with Crippen LogP contribution in [-0.4, -0.2) is 16.9 Å². The first-order valence-electron chi connectivity index (χ1n) is 9.09. The number of fused-ring (bicyclic) bond motifs is 1. The second-order valence-electron chi connectivity index (χ2n) is 7.07. The maximum absolute atomic E-state index is 12.4. The normalized spacial score (nSPS) is 17.6. The maximum Gasteiger partial charge on any atom is 0.256 e. The van der Waals surface area contributed by atoms with Crippen LogP contribution < -0.4 is 10.6 Å². The number of phenolic OH excluding ortho intramolecular Hbond substituents is 1. The summed E-state index contributed by atoms with van der Waals surface area (Å²) in [5.41, 5.74) is 2.67. The number of aromatic hydroxyl groups is 1. The monoisotopic (exact) mass is 416 g/mol. The molecule has 144 valence electrons. The van der Waals surface area contributed by atoms with Crippen molar-refractivity contribution >= 4 is 58.0 Å². The lowest BCUT2D eigenvalue weighted by Gasteiger charge is -2.11. The number of hydrogen-bond donors (Lipinski definition) is 3.